The van der Waals surface area contributed by atoms with Crippen LogP contribution in [0.15, 0.2) is 206 Å². The average molecular weight is 731 g/mol. The second-order valence-corrected chi connectivity index (χ2v) is 16.0. The molecule has 13 rings (SSSR count). The molecule has 0 fully saturated rings. The molecular weight excluding hydrogens is 697 g/mol. The molecular formula is C58H34. The zero-order valence-corrected chi connectivity index (χ0v) is 31.6. The van der Waals surface area contributed by atoms with Crippen molar-refractivity contribution in [1.82, 2.24) is 0 Å². The van der Waals surface area contributed by atoms with Gasteiger partial charge in [0.2, 0.25) is 0 Å². The summed E-state index contributed by atoms with van der Waals surface area (Å²) in [4.78, 5) is 0. The van der Waals surface area contributed by atoms with Crippen LogP contribution in [-0.4, -0.2) is 0 Å². The van der Waals surface area contributed by atoms with Crippen molar-refractivity contribution in [2.45, 2.75) is 0 Å². The average Bonchev–Trinajstić information content (AvgIpc) is 3.29. The van der Waals surface area contributed by atoms with E-state index in [0.717, 1.165) is 0 Å². The topological polar surface area (TPSA) is 0 Å². The third kappa shape index (κ3) is 4.58. The smallest absolute Gasteiger partial charge is 0.00206 e. The van der Waals surface area contributed by atoms with E-state index >= 15 is 0 Å². The summed E-state index contributed by atoms with van der Waals surface area (Å²) < 4.78 is 0. The molecule has 0 N–H and O–H groups in total. The first-order chi connectivity index (χ1) is 28.7. The van der Waals surface area contributed by atoms with Crippen LogP contribution in [0.4, 0.5) is 0 Å². The minimum absolute atomic E-state index is 1.21. The van der Waals surface area contributed by atoms with Crippen LogP contribution in [0.3, 0.4) is 0 Å². The number of hydrogen-bond acceptors (Lipinski definition) is 0. The monoisotopic (exact) mass is 730 g/mol. The van der Waals surface area contributed by atoms with Crippen molar-refractivity contribution >= 4 is 86.2 Å². The summed E-state index contributed by atoms with van der Waals surface area (Å²) in [5.41, 5.74) is 9.87. The SMILES string of the molecule is c1ccc2cc(-c3cc(-c4ccc5ccc6cccc7ccc4c5c67)ccc3-c3cc4ccccc4cc3-c3ccc4ccc5cccc6ccc3c4c56)ccc2c1. The normalized spacial score (nSPS) is 12.1. The largest absolute Gasteiger partial charge is 0.0616 e. The van der Waals surface area contributed by atoms with E-state index in [1.54, 1.807) is 0 Å². The molecule has 0 heterocycles. The molecule has 0 aliphatic heterocycles. The molecule has 13 aromatic carbocycles. The predicted octanol–water partition coefficient (Wildman–Crippen LogP) is 16.5. The summed E-state index contributed by atoms with van der Waals surface area (Å²) in [6.07, 6.45) is 0. The van der Waals surface area contributed by atoms with Gasteiger partial charge in [0.25, 0.3) is 0 Å². The van der Waals surface area contributed by atoms with Crippen molar-refractivity contribution in [3.63, 3.8) is 0 Å². The summed E-state index contributed by atoms with van der Waals surface area (Å²) in [5.74, 6) is 0. The highest BCUT2D eigenvalue weighted by molar-refractivity contribution is 6.27. The minimum Gasteiger partial charge on any atom is -0.0616 e. The maximum absolute atomic E-state index is 2.45. The summed E-state index contributed by atoms with van der Waals surface area (Å²) in [6, 6.07) is 77.5. The number of benzene rings is 13. The molecule has 0 saturated carbocycles. The molecule has 0 aliphatic rings. The Morgan fingerprint density at radius 1 is 0.172 bits per heavy atom. The van der Waals surface area contributed by atoms with Crippen molar-refractivity contribution in [1.29, 1.82) is 0 Å². The molecule has 0 spiro atoms. The van der Waals surface area contributed by atoms with Crippen LogP contribution in [0.5, 0.6) is 0 Å². The van der Waals surface area contributed by atoms with Crippen LogP contribution in [0, 0.1) is 0 Å². The van der Waals surface area contributed by atoms with Crippen LogP contribution in [0.25, 0.3) is 131 Å². The second kappa shape index (κ2) is 12.0. The van der Waals surface area contributed by atoms with Gasteiger partial charge in [0.05, 0.1) is 0 Å². The molecule has 13 aromatic rings. The van der Waals surface area contributed by atoms with Crippen LogP contribution in [-0.2, 0) is 0 Å². The third-order valence-corrected chi connectivity index (χ3v) is 12.9. The van der Waals surface area contributed by atoms with E-state index in [-0.39, 0.29) is 0 Å². The highest BCUT2D eigenvalue weighted by Gasteiger charge is 2.20. The Labute approximate surface area is 335 Å². The molecule has 0 aromatic heterocycles. The van der Waals surface area contributed by atoms with E-state index in [1.807, 2.05) is 0 Å². The van der Waals surface area contributed by atoms with Gasteiger partial charge in [-0.25, -0.2) is 0 Å². The van der Waals surface area contributed by atoms with Gasteiger partial charge in [-0.3, -0.25) is 0 Å². The first-order valence-corrected chi connectivity index (χ1v) is 20.2. The Bertz CT molecular complexity index is 3760. The number of hydrogen-bond donors (Lipinski definition) is 0. The van der Waals surface area contributed by atoms with E-state index < -0.39 is 0 Å². The molecule has 0 saturated heterocycles. The second-order valence-electron chi connectivity index (χ2n) is 16.0. The van der Waals surface area contributed by atoms with E-state index in [1.165, 1.54) is 131 Å². The van der Waals surface area contributed by atoms with E-state index in [9.17, 15) is 0 Å². The predicted molar refractivity (Wildman–Crippen MR) is 251 cm³/mol. The van der Waals surface area contributed by atoms with Gasteiger partial charge in [0.15, 0.2) is 0 Å². The van der Waals surface area contributed by atoms with E-state index in [0.29, 0.717) is 0 Å². The quantitative estimate of drug-likeness (QED) is 0.158. The van der Waals surface area contributed by atoms with Crippen LogP contribution < -0.4 is 0 Å². The first-order valence-electron chi connectivity index (χ1n) is 20.2. The van der Waals surface area contributed by atoms with Crippen molar-refractivity contribution in [3.05, 3.63) is 206 Å². The van der Waals surface area contributed by atoms with Gasteiger partial charge in [0.1, 0.15) is 0 Å². The van der Waals surface area contributed by atoms with Crippen LogP contribution >= 0.6 is 0 Å². The molecule has 58 heavy (non-hydrogen) atoms. The Balaban J connectivity index is 1.11. The van der Waals surface area contributed by atoms with Gasteiger partial charge < -0.3 is 0 Å². The van der Waals surface area contributed by atoms with Gasteiger partial charge in [-0.15, -0.1) is 0 Å². The molecule has 0 radical (unpaired) electrons. The van der Waals surface area contributed by atoms with Gasteiger partial charge in [-0.1, -0.05) is 182 Å². The van der Waals surface area contributed by atoms with Crippen molar-refractivity contribution in [2.75, 3.05) is 0 Å². The fourth-order valence-corrected chi connectivity index (χ4v) is 10.2. The summed E-state index contributed by atoms with van der Waals surface area (Å²) in [5, 5.41) is 20.6. The molecule has 0 aliphatic carbocycles. The van der Waals surface area contributed by atoms with Gasteiger partial charge in [-0.05, 0) is 155 Å². The summed E-state index contributed by atoms with van der Waals surface area (Å²) in [7, 11) is 0. The lowest BCUT2D eigenvalue weighted by Crippen LogP contribution is -1.94. The van der Waals surface area contributed by atoms with Gasteiger partial charge in [-0.2, -0.15) is 0 Å². The van der Waals surface area contributed by atoms with Crippen molar-refractivity contribution in [3.8, 4) is 44.5 Å². The first kappa shape index (κ1) is 31.6. The highest BCUT2D eigenvalue weighted by atomic mass is 14.2. The number of rotatable bonds is 4. The molecule has 266 valence electrons. The highest BCUT2D eigenvalue weighted by Crippen LogP contribution is 2.47. The molecule has 0 heteroatoms. The van der Waals surface area contributed by atoms with E-state index in [4.69, 9.17) is 0 Å². The Kier molecular flexibility index (Phi) is 6.54. The van der Waals surface area contributed by atoms with Crippen LogP contribution in [0.1, 0.15) is 0 Å². The molecule has 0 amide bonds. The van der Waals surface area contributed by atoms with Gasteiger partial charge in [0, 0.05) is 0 Å². The van der Waals surface area contributed by atoms with Crippen molar-refractivity contribution in [2.24, 2.45) is 0 Å². The standard InChI is InChI=1S/C58H34/c1-2-8-42-31-45(20-15-35(42)7-1)52-34-46(47-26-21-40-18-16-36-11-5-13-38-23-29-50(47)57(40)55(36)38)25-28-49(52)54-33-44-10-4-3-9-43(44)32-53(54)48-27-22-41-19-17-37-12-6-14-39-24-30-51(48)58(41)56(37)39/h1-34H. The maximum atomic E-state index is 2.45. The minimum atomic E-state index is 1.21. The Morgan fingerprint density at radius 2 is 0.552 bits per heavy atom. The van der Waals surface area contributed by atoms with Gasteiger partial charge >= 0.3 is 0 Å². The molecule has 0 atom stereocenters. The summed E-state index contributed by atoms with van der Waals surface area (Å²) in [6.45, 7) is 0. The molecule has 0 unspecified atom stereocenters. The number of fused-ring (bicyclic) bond motifs is 2. The fraction of sp³-hybridized carbons (Fsp3) is 0. The Hall–Kier alpha value is -7.54. The zero-order valence-electron chi connectivity index (χ0n) is 31.6. The van der Waals surface area contributed by atoms with Crippen molar-refractivity contribution < 1.29 is 0 Å². The lowest BCUT2D eigenvalue weighted by Gasteiger charge is -2.20. The fourth-order valence-electron chi connectivity index (χ4n) is 10.2. The van der Waals surface area contributed by atoms with E-state index in [2.05, 4.69) is 206 Å². The lowest BCUT2D eigenvalue weighted by atomic mass is 9.83. The lowest BCUT2D eigenvalue weighted by molar-refractivity contribution is 1.59. The zero-order chi connectivity index (χ0) is 37.9. The third-order valence-electron chi connectivity index (χ3n) is 12.9. The Morgan fingerprint density at radius 3 is 1.16 bits per heavy atom. The maximum Gasteiger partial charge on any atom is -0.00206 e. The molecule has 0 nitrogen and oxygen atoms in total. The summed E-state index contributed by atoms with van der Waals surface area (Å²) >= 11 is 0. The van der Waals surface area contributed by atoms with Crippen LogP contribution in [0.2, 0.25) is 0 Å². The molecule has 0 bridgehead atoms.